The van der Waals surface area contributed by atoms with E-state index in [0.717, 1.165) is 0 Å². The molecule has 0 saturated heterocycles. The molecule has 1 aromatic heterocycles. The van der Waals surface area contributed by atoms with E-state index in [9.17, 15) is 0 Å². The van der Waals surface area contributed by atoms with Crippen molar-refractivity contribution >= 4 is 5.82 Å². The van der Waals surface area contributed by atoms with Crippen molar-refractivity contribution in [3.05, 3.63) is 53.5 Å². The second-order valence-electron chi connectivity index (χ2n) is 3.72. The number of hydrogen-bond acceptors (Lipinski definition) is 4. The monoisotopic (exact) mass is 224 g/mol. The van der Waals surface area contributed by atoms with Crippen LogP contribution in [-0.2, 0) is 6.54 Å². The average molecular weight is 224 g/mol. The van der Waals surface area contributed by atoms with Gasteiger partial charge in [-0.3, -0.25) is 0 Å². The van der Waals surface area contributed by atoms with Gasteiger partial charge in [-0.2, -0.15) is 5.26 Å². The number of hydrogen-bond donors (Lipinski definition) is 1. The summed E-state index contributed by atoms with van der Waals surface area (Å²) in [5.41, 5.74) is 2.41. The molecule has 0 radical (unpaired) electrons. The minimum absolute atomic E-state index is 0.180. The first-order chi connectivity index (χ1) is 8.28. The molecule has 0 aliphatic carbocycles. The molecule has 2 rings (SSSR count). The van der Waals surface area contributed by atoms with Crippen LogP contribution in [0, 0.1) is 18.3 Å². The van der Waals surface area contributed by atoms with Gasteiger partial charge >= 0.3 is 0 Å². The van der Waals surface area contributed by atoms with Crippen LogP contribution in [0.3, 0.4) is 0 Å². The zero-order valence-corrected chi connectivity index (χ0v) is 9.51. The summed E-state index contributed by atoms with van der Waals surface area (Å²) in [4.78, 5) is 7.85. The standard InChI is InChI=1S/C13H12N4/c1-10-2-4-11(5-3-10)9-16-12-6-7-15-13(8-14)17-12/h2-7H,9H2,1H3,(H,15,16,17). The van der Waals surface area contributed by atoms with E-state index in [1.807, 2.05) is 6.07 Å². The van der Waals surface area contributed by atoms with E-state index in [4.69, 9.17) is 5.26 Å². The van der Waals surface area contributed by atoms with Crippen molar-refractivity contribution in [2.45, 2.75) is 13.5 Å². The third kappa shape index (κ3) is 3.02. The molecule has 1 heterocycles. The Balaban J connectivity index is 2.02. The molecule has 1 N–H and O–H groups in total. The van der Waals surface area contributed by atoms with Crippen LogP contribution in [0.1, 0.15) is 17.0 Å². The highest BCUT2D eigenvalue weighted by atomic mass is 15.0. The quantitative estimate of drug-likeness (QED) is 0.868. The molecule has 1 aromatic carbocycles. The molecule has 0 unspecified atom stereocenters. The lowest BCUT2D eigenvalue weighted by Gasteiger charge is -2.05. The van der Waals surface area contributed by atoms with E-state index in [1.165, 1.54) is 11.1 Å². The van der Waals surface area contributed by atoms with Crippen LogP contribution >= 0.6 is 0 Å². The molecule has 0 bridgehead atoms. The van der Waals surface area contributed by atoms with Gasteiger partial charge in [-0.05, 0) is 18.6 Å². The second-order valence-corrected chi connectivity index (χ2v) is 3.72. The largest absolute Gasteiger partial charge is 0.366 e. The van der Waals surface area contributed by atoms with Gasteiger partial charge in [0.25, 0.3) is 0 Å². The maximum Gasteiger partial charge on any atom is 0.234 e. The summed E-state index contributed by atoms with van der Waals surface area (Å²) in [7, 11) is 0. The van der Waals surface area contributed by atoms with Crippen LogP contribution in [0.5, 0.6) is 0 Å². The molecule has 0 amide bonds. The maximum atomic E-state index is 8.68. The third-order valence-corrected chi connectivity index (χ3v) is 2.35. The highest BCUT2D eigenvalue weighted by Crippen LogP contribution is 2.07. The first-order valence-corrected chi connectivity index (χ1v) is 5.30. The minimum atomic E-state index is 0.180. The van der Waals surface area contributed by atoms with Crippen LogP contribution in [0.25, 0.3) is 0 Å². The highest BCUT2D eigenvalue weighted by Gasteiger charge is 1.98. The van der Waals surface area contributed by atoms with Gasteiger partial charge in [0, 0.05) is 12.7 Å². The Morgan fingerprint density at radius 3 is 2.71 bits per heavy atom. The van der Waals surface area contributed by atoms with Crippen molar-refractivity contribution < 1.29 is 0 Å². The second kappa shape index (κ2) is 5.08. The normalized spacial score (nSPS) is 9.65. The summed E-state index contributed by atoms with van der Waals surface area (Å²) in [5, 5.41) is 11.8. The summed E-state index contributed by atoms with van der Waals surface area (Å²) in [6.07, 6.45) is 1.57. The molecular formula is C13H12N4. The number of aryl methyl sites for hydroxylation is 1. The Bertz CT molecular complexity index is 540. The fraction of sp³-hybridized carbons (Fsp3) is 0.154. The van der Waals surface area contributed by atoms with Gasteiger partial charge in [0.15, 0.2) is 0 Å². The molecule has 4 nitrogen and oxygen atoms in total. The zero-order chi connectivity index (χ0) is 12.1. The lowest BCUT2D eigenvalue weighted by molar-refractivity contribution is 1.06. The van der Waals surface area contributed by atoms with Crippen molar-refractivity contribution in [2.75, 3.05) is 5.32 Å². The molecule has 2 aromatic rings. The van der Waals surface area contributed by atoms with Crippen LogP contribution < -0.4 is 5.32 Å². The average Bonchev–Trinajstić information content (AvgIpc) is 2.38. The summed E-state index contributed by atoms with van der Waals surface area (Å²) >= 11 is 0. The molecule has 0 saturated carbocycles. The predicted molar refractivity (Wildman–Crippen MR) is 65.3 cm³/mol. The SMILES string of the molecule is Cc1ccc(CNc2ccnc(C#N)n2)cc1. The maximum absolute atomic E-state index is 8.68. The number of nitriles is 1. The van der Waals surface area contributed by atoms with E-state index in [2.05, 4.69) is 46.5 Å². The Labute approximate surface area is 100.0 Å². The molecule has 17 heavy (non-hydrogen) atoms. The number of aromatic nitrogens is 2. The van der Waals surface area contributed by atoms with Crippen LogP contribution in [0.4, 0.5) is 5.82 Å². The van der Waals surface area contributed by atoms with Gasteiger partial charge < -0.3 is 5.32 Å². The summed E-state index contributed by atoms with van der Waals surface area (Å²) in [6.45, 7) is 2.74. The van der Waals surface area contributed by atoms with E-state index in [-0.39, 0.29) is 5.82 Å². The van der Waals surface area contributed by atoms with E-state index < -0.39 is 0 Å². The third-order valence-electron chi connectivity index (χ3n) is 2.35. The smallest absolute Gasteiger partial charge is 0.234 e. The fourth-order valence-corrected chi connectivity index (χ4v) is 1.41. The van der Waals surface area contributed by atoms with Crippen molar-refractivity contribution in [3.63, 3.8) is 0 Å². The van der Waals surface area contributed by atoms with Crippen LogP contribution in [0.15, 0.2) is 36.5 Å². The van der Waals surface area contributed by atoms with Crippen LogP contribution in [-0.4, -0.2) is 9.97 Å². The van der Waals surface area contributed by atoms with Gasteiger partial charge in [-0.25, -0.2) is 9.97 Å². The number of nitrogens with zero attached hydrogens (tertiary/aromatic N) is 3. The Kier molecular flexibility index (Phi) is 3.31. The van der Waals surface area contributed by atoms with Gasteiger partial charge in [-0.15, -0.1) is 0 Å². The van der Waals surface area contributed by atoms with E-state index >= 15 is 0 Å². The minimum Gasteiger partial charge on any atom is -0.366 e. The summed E-state index contributed by atoms with van der Waals surface area (Å²) in [5.74, 6) is 0.844. The van der Waals surface area contributed by atoms with Crippen molar-refractivity contribution in [1.82, 2.24) is 9.97 Å². The number of nitrogens with one attached hydrogen (secondary N) is 1. The lowest BCUT2D eigenvalue weighted by atomic mass is 10.1. The Morgan fingerprint density at radius 1 is 1.24 bits per heavy atom. The van der Waals surface area contributed by atoms with Crippen molar-refractivity contribution in [3.8, 4) is 6.07 Å². The molecule has 0 spiro atoms. The van der Waals surface area contributed by atoms with Gasteiger partial charge in [0.05, 0.1) is 0 Å². The first kappa shape index (κ1) is 11.1. The lowest BCUT2D eigenvalue weighted by Crippen LogP contribution is -2.02. The van der Waals surface area contributed by atoms with Gasteiger partial charge in [0.1, 0.15) is 11.9 Å². The molecule has 0 aliphatic heterocycles. The van der Waals surface area contributed by atoms with Crippen molar-refractivity contribution in [2.24, 2.45) is 0 Å². The molecule has 0 atom stereocenters. The Hall–Kier alpha value is -2.41. The number of benzene rings is 1. The predicted octanol–water partition coefficient (Wildman–Crippen LogP) is 2.27. The zero-order valence-electron chi connectivity index (χ0n) is 9.51. The molecule has 4 heteroatoms. The number of anilines is 1. The first-order valence-electron chi connectivity index (χ1n) is 5.30. The molecule has 84 valence electrons. The van der Waals surface area contributed by atoms with E-state index in [1.54, 1.807) is 12.3 Å². The highest BCUT2D eigenvalue weighted by molar-refractivity contribution is 5.36. The summed E-state index contributed by atoms with van der Waals surface area (Å²) < 4.78 is 0. The van der Waals surface area contributed by atoms with Crippen molar-refractivity contribution in [1.29, 1.82) is 5.26 Å². The van der Waals surface area contributed by atoms with Gasteiger partial charge in [0.2, 0.25) is 5.82 Å². The van der Waals surface area contributed by atoms with Gasteiger partial charge in [-0.1, -0.05) is 29.8 Å². The Morgan fingerprint density at radius 2 is 2.00 bits per heavy atom. The molecule has 0 aliphatic rings. The molecule has 0 fully saturated rings. The topological polar surface area (TPSA) is 61.6 Å². The van der Waals surface area contributed by atoms with Crippen LogP contribution in [0.2, 0.25) is 0 Å². The number of rotatable bonds is 3. The summed E-state index contributed by atoms with van der Waals surface area (Å²) in [6, 6.07) is 11.9. The fourth-order valence-electron chi connectivity index (χ4n) is 1.41. The molecular weight excluding hydrogens is 212 g/mol. The van der Waals surface area contributed by atoms with E-state index in [0.29, 0.717) is 12.4 Å².